The number of aryl methyl sites for hydroxylation is 1. The minimum absolute atomic E-state index is 0.0545. The SMILES string of the molecule is Cn1ccc(Nc2nccc(-c3cccc(C4N=CC(=O)S4)n3)n2)n1. The lowest BCUT2D eigenvalue weighted by Crippen LogP contribution is -2.01. The van der Waals surface area contributed by atoms with Crippen LogP contribution in [0.25, 0.3) is 11.4 Å². The van der Waals surface area contributed by atoms with Crippen molar-refractivity contribution in [3.8, 4) is 11.4 Å². The van der Waals surface area contributed by atoms with Crippen LogP contribution in [0.15, 0.2) is 47.7 Å². The number of hydrogen-bond acceptors (Lipinski definition) is 8. The fraction of sp³-hybridized carbons (Fsp3) is 0.125. The number of aromatic nitrogens is 5. The number of pyridine rings is 1. The molecule has 1 aliphatic rings. The van der Waals surface area contributed by atoms with Crippen LogP contribution in [0.5, 0.6) is 0 Å². The minimum atomic E-state index is -0.291. The van der Waals surface area contributed by atoms with Crippen LogP contribution in [0.4, 0.5) is 11.8 Å². The molecule has 3 aromatic rings. The van der Waals surface area contributed by atoms with Gasteiger partial charge in [-0.1, -0.05) is 6.07 Å². The molecule has 1 aliphatic heterocycles. The third-order valence-corrected chi connectivity index (χ3v) is 4.36. The van der Waals surface area contributed by atoms with E-state index < -0.39 is 0 Å². The summed E-state index contributed by atoms with van der Waals surface area (Å²) in [6, 6.07) is 9.21. The van der Waals surface area contributed by atoms with Gasteiger partial charge in [-0.15, -0.1) is 0 Å². The van der Waals surface area contributed by atoms with E-state index >= 15 is 0 Å². The van der Waals surface area contributed by atoms with Gasteiger partial charge in [-0.05, 0) is 30.0 Å². The highest BCUT2D eigenvalue weighted by atomic mass is 32.2. The van der Waals surface area contributed by atoms with Gasteiger partial charge in [0.05, 0.1) is 23.3 Å². The quantitative estimate of drug-likeness (QED) is 0.770. The molecule has 0 aliphatic carbocycles. The van der Waals surface area contributed by atoms with E-state index in [1.165, 1.54) is 6.21 Å². The molecule has 124 valence electrons. The highest BCUT2D eigenvalue weighted by molar-refractivity contribution is 8.15. The Bertz CT molecular complexity index is 968. The summed E-state index contributed by atoms with van der Waals surface area (Å²) in [5.74, 6) is 1.10. The van der Waals surface area contributed by atoms with E-state index in [4.69, 9.17) is 0 Å². The maximum absolute atomic E-state index is 11.4. The predicted octanol–water partition coefficient (Wildman–Crippen LogP) is 2.36. The van der Waals surface area contributed by atoms with Crippen molar-refractivity contribution in [3.63, 3.8) is 0 Å². The lowest BCUT2D eigenvalue weighted by atomic mass is 10.2. The van der Waals surface area contributed by atoms with Crippen molar-refractivity contribution in [1.29, 1.82) is 0 Å². The van der Waals surface area contributed by atoms with Crippen LogP contribution in [-0.4, -0.2) is 36.1 Å². The van der Waals surface area contributed by atoms with Crippen molar-refractivity contribution in [2.24, 2.45) is 12.0 Å². The van der Waals surface area contributed by atoms with E-state index in [0.717, 1.165) is 17.5 Å². The minimum Gasteiger partial charge on any atom is -0.307 e. The van der Waals surface area contributed by atoms with Gasteiger partial charge in [0.2, 0.25) is 11.1 Å². The zero-order valence-electron chi connectivity index (χ0n) is 13.2. The van der Waals surface area contributed by atoms with Crippen molar-refractivity contribution in [2.45, 2.75) is 5.37 Å². The number of carbonyl (C=O) groups is 1. The Morgan fingerprint density at radius 3 is 2.80 bits per heavy atom. The summed E-state index contributed by atoms with van der Waals surface area (Å²) in [5, 5.41) is 6.95. The van der Waals surface area contributed by atoms with Crippen LogP contribution in [0.1, 0.15) is 11.1 Å². The van der Waals surface area contributed by atoms with Crippen LogP contribution in [0.3, 0.4) is 0 Å². The number of anilines is 2. The molecular weight excluding hydrogens is 338 g/mol. The second-order valence-corrected chi connectivity index (χ2v) is 6.36. The van der Waals surface area contributed by atoms with Gasteiger partial charge in [0, 0.05) is 25.5 Å². The number of carbonyl (C=O) groups excluding carboxylic acids is 1. The first-order chi connectivity index (χ1) is 12.2. The molecule has 1 N–H and O–H groups in total. The van der Waals surface area contributed by atoms with Crippen LogP contribution in [-0.2, 0) is 11.8 Å². The molecule has 4 rings (SSSR count). The van der Waals surface area contributed by atoms with E-state index in [0.29, 0.717) is 23.2 Å². The molecule has 0 radical (unpaired) electrons. The van der Waals surface area contributed by atoms with Crippen molar-refractivity contribution < 1.29 is 4.79 Å². The first-order valence-electron chi connectivity index (χ1n) is 7.48. The molecule has 0 amide bonds. The fourth-order valence-electron chi connectivity index (χ4n) is 2.33. The maximum Gasteiger partial charge on any atom is 0.232 e. The van der Waals surface area contributed by atoms with E-state index in [1.807, 2.05) is 37.5 Å². The summed E-state index contributed by atoms with van der Waals surface area (Å²) in [6.07, 6.45) is 4.83. The summed E-state index contributed by atoms with van der Waals surface area (Å²) < 4.78 is 1.69. The molecule has 0 saturated carbocycles. The number of thioether (sulfide) groups is 1. The van der Waals surface area contributed by atoms with Crippen LogP contribution < -0.4 is 5.32 Å². The molecule has 1 atom stereocenters. The van der Waals surface area contributed by atoms with E-state index in [1.54, 1.807) is 16.9 Å². The van der Waals surface area contributed by atoms with Gasteiger partial charge >= 0.3 is 0 Å². The Kier molecular flexibility index (Phi) is 3.98. The molecule has 8 nitrogen and oxygen atoms in total. The Hall–Kier alpha value is -3.07. The lowest BCUT2D eigenvalue weighted by Gasteiger charge is -2.08. The number of nitrogens with zero attached hydrogens (tertiary/aromatic N) is 6. The van der Waals surface area contributed by atoms with Crippen LogP contribution in [0.2, 0.25) is 0 Å². The summed E-state index contributed by atoms with van der Waals surface area (Å²) in [4.78, 5) is 28.8. The standard InChI is InChI=1S/C16H13N7OS/c1-23-8-6-13(22-23)21-16-17-7-5-11(20-16)10-3-2-4-12(19-10)15-18-9-14(24)25-15/h2-9,15H,1H3,(H,17,20,21,22). The second kappa shape index (κ2) is 6.44. The fourth-order valence-corrected chi connectivity index (χ4v) is 3.04. The van der Waals surface area contributed by atoms with E-state index in [-0.39, 0.29) is 10.5 Å². The summed E-state index contributed by atoms with van der Waals surface area (Å²) >= 11 is 1.15. The van der Waals surface area contributed by atoms with Gasteiger partial charge in [-0.2, -0.15) is 5.10 Å². The van der Waals surface area contributed by atoms with Crippen LogP contribution in [0, 0.1) is 0 Å². The van der Waals surface area contributed by atoms with E-state index in [9.17, 15) is 4.79 Å². The number of hydrogen-bond donors (Lipinski definition) is 1. The van der Waals surface area contributed by atoms with Gasteiger partial charge in [0.1, 0.15) is 5.37 Å². The molecule has 3 aromatic heterocycles. The Labute approximate surface area is 147 Å². The predicted molar refractivity (Wildman–Crippen MR) is 95.6 cm³/mol. The van der Waals surface area contributed by atoms with Crippen molar-refractivity contribution in [2.75, 3.05) is 5.32 Å². The number of rotatable bonds is 4. The highest BCUT2D eigenvalue weighted by Crippen LogP contribution is 2.33. The van der Waals surface area contributed by atoms with Gasteiger partial charge < -0.3 is 5.32 Å². The number of nitrogens with one attached hydrogen (secondary N) is 1. The molecule has 0 fully saturated rings. The van der Waals surface area contributed by atoms with Crippen molar-refractivity contribution in [1.82, 2.24) is 24.7 Å². The summed E-state index contributed by atoms with van der Waals surface area (Å²) in [6.45, 7) is 0. The topological polar surface area (TPSA) is 98.0 Å². The molecule has 25 heavy (non-hydrogen) atoms. The average Bonchev–Trinajstić information content (AvgIpc) is 3.24. The normalized spacial score (nSPS) is 16.4. The third kappa shape index (κ3) is 3.41. The second-order valence-electron chi connectivity index (χ2n) is 5.28. The van der Waals surface area contributed by atoms with Crippen LogP contribution >= 0.6 is 11.8 Å². The molecule has 1 unspecified atom stereocenters. The molecular formula is C16H13N7OS. The van der Waals surface area contributed by atoms with E-state index in [2.05, 4.69) is 30.4 Å². The smallest absolute Gasteiger partial charge is 0.232 e. The Morgan fingerprint density at radius 2 is 2.04 bits per heavy atom. The molecule has 0 saturated heterocycles. The van der Waals surface area contributed by atoms with Gasteiger partial charge in [-0.3, -0.25) is 14.5 Å². The average molecular weight is 351 g/mol. The zero-order valence-corrected chi connectivity index (χ0v) is 14.0. The molecule has 0 aromatic carbocycles. The third-order valence-electron chi connectivity index (χ3n) is 3.44. The monoisotopic (exact) mass is 351 g/mol. The largest absolute Gasteiger partial charge is 0.307 e. The van der Waals surface area contributed by atoms with Crippen molar-refractivity contribution in [3.05, 3.63) is 48.4 Å². The first-order valence-corrected chi connectivity index (χ1v) is 8.36. The number of aliphatic imine (C=N–C) groups is 1. The van der Waals surface area contributed by atoms with Gasteiger partial charge in [-0.25, -0.2) is 15.0 Å². The first kappa shape index (κ1) is 15.5. The maximum atomic E-state index is 11.4. The summed E-state index contributed by atoms with van der Waals surface area (Å²) in [5.41, 5.74) is 2.09. The Balaban J connectivity index is 1.60. The lowest BCUT2D eigenvalue weighted by molar-refractivity contribution is -0.105. The molecule has 0 bridgehead atoms. The van der Waals surface area contributed by atoms with Crippen molar-refractivity contribution >= 4 is 34.9 Å². The molecule has 0 spiro atoms. The Morgan fingerprint density at radius 1 is 1.16 bits per heavy atom. The highest BCUT2D eigenvalue weighted by Gasteiger charge is 2.21. The summed E-state index contributed by atoms with van der Waals surface area (Å²) in [7, 11) is 1.84. The zero-order chi connectivity index (χ0) is 17.2. The van der Waals surface area contributed by atoms with Gasteiger partial charge in [0.15, 0.2) is 5.82 Å². The van der Waals surface area contributed by atoms with Gasteiger partial charge in [0.25, 0.3) is 0 Å². The molecule has 9 heteroatoms. The molecule has 4 heterocycles.